The first-order valence-electron chi connectivity index (χ1n) is 6.35. The van der Waals surface area contributed by atoms with Gasteiger partial charge in [0.15, 0.2) is 0 Å². The molecule has 1 aliphatic rings. The molecule has 0 radical (unpaired) electrons. The zero-order chi connectivity index (χ0) is 12.0. The Labute approximate surface area is 98.7 Å². The number of carbonyl (C=O) groups is 1. The standard InChI is InChI=1S/C13H24N2O/c1-3-7-13(16)15(4-2)12-9-6-5-8-11(12)10-14/h3,11-12H,1,4-10,14H2,2H3. The quantitative estimate of drug-likeness (QED) is 0.725. The van der Waals surface area contributed by atoms with E-state index in [0.29, 0.717) is 24.9 Å². The molecule has 0 spiro atoms. The van der Waals surface area contributed by atoms with Crippen molar-refractivity contribution in [3.8, 4) is 0 Å². The van der Waals surface area contributed by atoms with Gasteiger partial charge in [0, 0.05) is 19.0 Å². The van der Waals surface area contributed by atoms with Crippen molar-refractivity contribution in [3.63, 3.8) is 0 Å². The fourth-order valence-corrected chi connectivity index (χ4v) is 2.71. The van der Waals surface area contributed by atoms with Crippen LogP contribution in [0.25, 0.3) is 0 Å². The Morgan fingerprint density at radius 2 is 2.19 bits per heavy atom. The first-order chi connectivity index (χ1) is 7.74. The van der Waals surface area contributed by atoms with E-state index in [1.165, 1.54) is 19.3 Å². The predicted octanol–water partition coefficient (Wildman–Crippen LogP) is 1.93. The number of rotatable bonds is 5. The van der Waals surface area contributed by atoms with Crippen LogP contribution >= 0.6 is 0 Å². The van der Waals surface area contributed by atoms with Crippen LogP contribution in [0.1, 0.15) is 39.0 Å². The van der Waals surface area contributed by atoms with Crippen LogP contribution in [0.5, 0.6) is 0 Å². The zero-order valence-corrected chi connectivity index (χ0v) is 10.3. The molecule has 0 aromatic carbocycles. The fourth-order valence-electron chi connectivity index (χ4n) is 2.71. The van der Waals surface area contributed by atoms with E-state index in [4.69, 9.17) is 5.73 Å². The number of carbonyl (C=O) groups excluding carboxylic acids is 1. The lowest BCUT2D eigenvalue weighted by Gasteiger charge is -2.39. The summed E-state index contributed by atoms with van der Waals surface area (Å²) in [6, 6.07) is 0.358. The maximum absolute atomic E-state index is 11.9. The van der Waals surface area contributed by atoms with Crippen molar-refractivity contribution in [1.29, 1.82) is 0 Å². The second kappa shape index (κ2) is 6.69. The summed E-state index contributed by atoms with van der Waals surface area (Å²) in [6.07, 6.45) is 6.88. The predicted molar refractivity (Wildman–Crippen MR) is 67.0 cm³/mol. The molecule has 2 unspecified atom stereocenters. The van der Waals surface area contributed by atoms with E-state index in [9.17, 15) is 4.79 Å². The second-order valence-corrected chi connectivity index (χ2v) is 4.52. The highest BCUT2D eigenvalue weighted by molar-refractivity contribution is 5.77. The molecule has 0 heterocycles. The first-order valence-corrected chi connectivity index (χ1v) is 6.35. The lowest BCUT2D eigenvalue weighted by molar-refractivity contribution is -0.134. The van der Waals surface area contributed by atoms with E-state index in [-0.39, 0.29) is 5.91 Å². The minimum atomic E-state index is 0.197. The number of hydrogen-bond acceptors (Lipinski definition) is 2. The van der Waals surface area contributed by atoms with Gasteiger partial charge >= 0.3 is 0 Å². The molecule has 0 bridgehead atoms. The van der Waals surface area contributed by atoms with Gasteiger partial charge in [-0.05, 0) is 32.2 Å². The number of nitrogens with two attached hydrogens (primary N) is 1. The Kier molecular flexibility index (Phi) is 5.53. The average Bonchev–Trinajstić information content (AvgIpc) is 2.31. The Morgan fingerprint density at radius 1 is 1.50 bits per heavy atom. The van der Waals surface area contributed by atoms with Crippen molar-refractivity contribution in [2.45, 2.75) is 45.1 Å². The summed E-state index contributed by atoms with van der Waals surface area (Å²) in [4.78, 5) is 13.9. The molecule has 1 saturated carbocycles. The summed E-state index contributed by atoms with van der Waals surface area (Å²) in [5, 5.41) is 0. The smallest absolute Gasteiger partial charge is 0.226 e. The molecule has 0 aromatic heterocycles. The summed E-state index contributed by atoms with van der Waals surface area (Å²) in [7, 11) is 0. The van der Waals surface area contributed by atoms with E-state index in [1.54, 1.807) is 6.08 Å². The van der Waals surface area contributed by atoms with Gasteiger partial charge < -0.3 is 10.6 Å². The topological polar surface area (TPSA) is 46.3 Å². The van der Waals surface area contributed by atoms with Crippen molar-refractivity contribution in [1.82, 2.24) is 4.90 Å². The SMILES string of the molecule is C=CCC(=O)N(CC)C1CCCCC1CN. The van der Waals surface area contributed by atoms with Crippen LogP contribution in [0.4, 0.5) is 0 Å². The molecular weight excluding hydrogens is 200 g/mol. The Morgan fingerprint density at radius 3 is 2.75 bits per heavy atom. The summed E-state index contributed by atoms with van der Waals surface area (Å²) >= 11 is 0. The van der Waals surface area contributed by atoms with Crippen molar-refractivity contribution in [3.05, 3.63) is 12.7 Å². The largest absolute Gasteiger partial charge is 0.339 e. The van der Waals surface area contributed by atoms with Gasteiger partial charge in [0.05, 0.1) is 0 Å². The normalized spacial score (nSPS) is 25.1. The van der Waals surface area contributed by atoms with Gasteiger partial charge in [0.2, 0.25) is 5.91 Å². The third-order valence-corrected chi connectivity index (χ3v) is 3.55. The number of amides is 1. The van der Waals surface area contributed by atoms with Gasteiger partial charge in [0.1, 0.15) is 0 Å². The molecule has 2 N–H and O–H groups in total. The van der Waals surface area contributed by atoms with Crippen LogP contribution in [0, 0.1) is 5.92 Å². The highest BCUT2D eigenvalue weighted by Crippen LogP contribution is 2.28. The van der Waals surface area contributed by atoms with Crippen molar-refractivity contribution in [2.75, 3.05) is 13.1 Å². The van der Waals surface area contributed by atoms with E-state index >= 15 is 0 Å². The minimum Gasteiger partial charge on any atom is -0.339 e. The van der Waals surface area contributed by atoms with E-state index in [2.05, 4.69) is 6.58 Å². The zero-order valence-electron chi connectivity index (χ0n) is 10.3. The van der Waals surface area contributed by atoms with Gasteiger partial charge in [-0.2, -0.15) is 0 Å². The third-order valence-electron chi connectivity index (χ3n) is 3.55. The summed E-state index contributed by atoms with van der Waals surface area (Å²) < 4.78 is 0. The molecule has 3 heteroatoms. The maximum Gasteiger partial charge on any atom is 0.226 e. The molecule has 1 fully saturated rings. The molecule has 2 atom stereocenters. The molecule has 16 heavy (non-hydrogen) atoms. The first kappa shape index (κ1) is 13.2. The van der Waals surface area contributed by atoms with Crippen LogP contribution in [0.15, 0.2) is 12.7 Å². The third kappa shape index (κ3) is 3.08. The van der Waals surface area contributed by atoms with Gasteiger partial charge in [-0.15, -0.1) is 6.58 Å². The van der Waals surface area contributed by atoms with Crippen molar-refractivity contribution < 1.29 is 4.79 Å². The lowest BCUT2D eigenvalue weighted by atomic mass is 9.83. The second-order valence-electron chi connectivity index (χ2n) is 4.52. The summed E-state index contributed by atoms with van der Waals surface area (Å²) in [5.41, 5.74) is 5.80. The molecule has 0 aromatic rings. The van der Waals surface area contributed by atoms with Crippen LogP contribution in [0.3, 0.4) is 0 Å². The Hall–Kier alpha value is -0.830. The Balaban J connectivity index is 2.68. The van der Waals surface area contributed by atoms with Gasteiger partial charge in [0.25, 0.3) is 0 Å². The van der Waals surface area contributed by atoms with Gasteiger partial charge in [-0.3, -0.25) is 4.79 Å². The molecule has 92 valence electrons. The van der Waals surface area contributed by atoms with E-state index in [1.807, 2.05) is 11.8 Å². The lowest BCUT2D eigenvalue weighted by Crippen LogP contribution is -2.47. The molecule has 1 aliphatic carbocycles. The molecule has 1 amide bonds. The van der Waals surface area contributed by atoms with Crippen LogP contribution in [-0.2, 0) is 4.79 Å². The summed E-state index contributed by atoms with van der Waals surface area (Å²) in [6.45, 7) is 7.16. The van der Waals surface area contributed by atoms with E-state index in [0.717, 1.165) is 13.0 Å². The monoisotopic (exact) mass is 224 g/mol. The molecule has 1 rings (SSSR count). The Bertz CT molecular complexity index is 240. The fraction of sp³-hybridized carbons (Fsp3) is 0.769. The van der Waals surface area contributed by atoms with Crippen molar-refractivity contribution >= 4 is 5.91 Å². The minimum absolute atomic E-state index is 0.197. The summed E-state index contributed by atoms with van der Waals surface area (Å²) in [5.74, 6) is 0.685. The van der Waals surface area contributed by atoms with E-state index < -0.39 is 0 Å². The van der Waals surface area contributed by atoms with Gasteiger partial charge in [-0.1, -0.05) is 18.9 Å². The number of hydrogen-bond donors (Lipinski definition) is 1. The molecule has 3 nitrogen and oxygen atoms in total. The highest BCUT2D eigenvalue weighted by atomic mass is 16.2. The number of nitrogens with zero attached hydrogens (tertiary/aromatic N) is 1. The van der Waals surface area contributed by atoms with Crippen molar-refractivity contribution in [2.24, 2.45) is 11.7 Å². The highest BCUT2D eigenvalue weighted by Gasteiger charge is 2.30. The maximum atomic E-state index is 11.9. The van der Waals surface area contributed by atoms with Gasteiger partial charge in [-0.25, -0.2) is 0 Å². The van der Waals surface area contributed by atoms with Crippen LogP contribution < -0.4 is 5.73 Å². The molecule has 0 saturated heterocycles. The molecule has 0 aliphatic heterocycles. The van der Waals surface area contributed by atoms with Crippen LogP contribution in [-0.4, -0.2) is 29.9 Å². The molecular formula is C13H24N2O. The van der Waals surface area contributed by atoms with Crippen LogP contribution in [0.2, 0.25) is 0 Å². The average molecular weight is 224 g/mol.